The predicted octanol–water partition coefficient (Wildman–Crippen LogP) is 1.71. The van der Waals surface area contributed by atoms with Crippen LogP contribution < -0.4 is 5.32 Å². The highest BCUT2D eigenvalue weighted by molar-refractivity contribution is 4.79. The molecular weight excluding hydrogens is 160 g/mol. The number of hydrogen-bond acceptors (Lipinski definition) is 2. The van der Waals surface area contributed by atoms with Crippen LogP contribution in [0.25, 0.3) is 0 Å². The summed E-state index contributed by atoms with van der Waals surface area (Å²) in [4.78, 5) is 2.49. The summed E-state index contributed by atoms with van der Waals surface area (Å²) >= 11 is 0. The summed E-state index contributed by atoms with van der Waals surface area (Å²) in [6, 6.07) is 1.23. The Labute approximate surface area is 82.7 Å². The summed E-state index contributed by atoms with van der Waals surface area (Å²) in [6.07, 6.45) is 4.35. The van der Waals surface area contributed by atoms with E-state index in [1.54, 1.807) is 0 Å². The molecule has 0 spiro atoms. The Hall–Kier alpha value is -0.0800. The molecule has 0 saturated heterocycles. The van der Waals surface area contributed by atoms with E-state index >= 15 is 0 Å². The Morgan fingerprint density at radius 2 is 2.00 bits per heavy atom. The Kier molecular flexibility index (Phi) is 4.20. The molecule has 0 bridgehead atoms. The van der Waals surface area contributed by atoms with Crippen LogP contribution in [0.5, 0.6) is 0 Å². The van der Waals surface area contributed by atoms with Gasteiger partial charge in [0, 0.05) is 18.6 Å². The van der Waals surface area contributed by atoms with Crippen molar-refractivity contribution < 1.29 is 0 Å². The molecular formula is C11H24N2. The highest BCUT2D eigenvalue weighted by atomic mass is 15.2. The van der Waals surface area contributed by atoms with Crippen molar-refractivity contribution >= 4 is 0 Å². The van der Waals surface area contributed by atoms with Gasteiger partial charge in [-0.2, -0.15) is 0 Å². The van der Waals surface area contributed by atoms with Crippen LogP contribution in [0.3, 0.4) is 0 Å². The first-order valence-electron chi connectivity index (χ1n) is 5.52. The molecule has 1 rings (SSSR count). The smallest absolute Gasteiger partial charge is 0.0215 e. The summed E-state index contributed by atoms with van der Waals surface area (Å²) in [6.45, 7) is 5.84. The second-order valence-corrected chi connectivity index (χ2v) is 4.55. The van der Waals surface area contributed by atoms with Crippen LogP contribution in [0.15, 0.2) is 0 Å². The lowest BCUT2D eigenvalue weighted by molar-refractivity contribution is 0.151. The molecule has 0 aliphatic heterocycles. The molecule has 0 radical (unpaired) electrons. The molecule has 2 nitrogen and oxygen atoms in total. The van der Waals surface area contributed by atoms with Gasteiger partial charge in [0.05, 0.1) is 0 Å². The van der Waals surface area contributed by atoms with Gasteiger partial charge in [-0.25, -0.2) is 0 Å². The number of rotatable bonds is 5. The van der Waals surface area contributed by atoms with Crippen LogP contribution in [0.4, 0.5) is 0 Å². The highest BCUT2D eigenvalue weighted by Crippen LogP contribution is 2.27. The molecule has 0 aromatic rings. The molecule has 1 aliphatic rings. The molecule has 1 N–H and O–H groups in total. The molecule has 1 fully saturated rings. The summed E-state index contributed by atoms with van der Waals surface area (Å²) in [5, 5.41) is 3.31. The largest absolute Gasteiger partial charge is 0.316 e. The third-order valence-electron chi connectivity index (χ3n) is 3.65. The highest BCUT2D eigenvalue weighted by Gasteiger charge is 2.22. The molecule has 2 atom stereocenters. The van der Waals surface area contributed by atoms with Gasteiger partial charge in [-0.1, -0.05) is 6.42 Å². The molecule has 0 aromatic carbocycles. The maximum atomic E-state index is 3.31. The standard InChI is InChI=1S/C11H24N2/c1-9(12-3)10(2)13(4)8-11-6-5-7-11/h9-12H,5-8H2,1-4H3. The predicted molar refractivity (Wildman–Crippen MR) is 58.0 cm³/mol. The van der Waals surface area contributed by atoms with Crippen molar-refractivity contribution in [3.05, 3.63) is 0 Å². The van der Waals surface area contributed by atoms with E-state index in [1.807, 2.05) is 7.05 Å². The Morgan fingerprint density at radius 3 is 2.38 bits per heavy atom. The fourth-order valence-corrected chi connectivity index (χ4v) is 1.87. The molecule has 0 amide bonds. The van der Waals surface area contributed by atoms with Crippen molar-refractivity contribution in [3.8, 4) is 0 Å². The third-order valence-corrected chi connectivity index (χ3v) is 3.65. The first-order valence-corrected chi connectivity index (χ1v) is 5.52. The van der Waals surface area contributed by atoms with Crippen LogP contribution in [-0.4, -0.2) is 37.6 Å². The minimum atomic E-state index is 0.588. The van der Waals surface area contributed by atoms with E-state index in [9.17, 15) is 0 Å². The monoisotopic (exact) mass is 184 g/mol. The van der Waals surface area contributed by atoms with E-state index in [4.69, 9.17) is 0 Å². The molecule has 1 aliphatic carbocycles. The number of nitrogens with one attached hydrogen (secondary N) is 1. The lowest BCUT2D eigenvalue weighted by Gasteiger charge is -2.35. The van der Waals surface area contributed by atoms with Gasteiger partial charge >= 0.3 is 0 Å². The number of hydrogen-bond donors (Lipinski definition) is 1. The minimum absolute atomic E-state index is 0.588. The lowest BCUT2D eigenvalue weighted by atomic mass is 9.85. The maximum Gasteiger partial charge on any atom is 0.0215 e. The summed E-state index contributed by atoms with van der Waals surface area (Å²) in [7, 11) is 4.29. The van der Waals surface area contributed by atoms with E-state index in [2.05, 4.69) is 31.1 Å². The van der Waals surface area contributed by atoms with Crippen LogP contribution in [0.1, 0.15) is 33.1 Å². The van der Waals surface area contributed by atoms with Crippen molar-refractivity contribution in [1.29, 1.82) is 0 Å². The SMILES string of the molecule is CNC(C)C(C)N(C)CC1CCC1. The van der Waals surface area contributed by atoms with Crippen LogP contribution in [-0.2, 0) is 0 Å². The van der Waals surface area contributed by atoms with Crippen LogP contribution in [0.2, 0.25) is 0 Å². The van der Waals surface area contributed by atoms with Gasteiger partial charge in [-0.05, 0) is 46.7 Å². The molecule has 0 aromatic heterocycles. The Morgan fingerprint density at radius 1 is 1.38 bits per heavy atom. The van der Waals surface area contributed by atoms with Gasteiger partial charge in [0.15, 0.2) is 0 Å². The minimum Gasteiger partial charge on any atom is -0.316 e. The molecule has 2 unspecified atom stereocenters. The van der Waals surface area contributed by atoms with Gasteiger partial charge in [0.2, 0.25) is 0 Å². The fraction of sp³-hybridized carbons (Fsp3) is 1.00. The second-order valence-electron chi connectivity index (χ2n) is 4.55. The summed E-state index contributed by atoms with van der Waals surface area (Å²) in [5.41, 5.74) is 0. The van der Waals surface area contributed by atoms with Crippen molar-refractivity contribution in [2.24, 2.45) is 5.92 Å². The lowest BCUT2D eigenvalue weighted by Crippen LogP contribution is -2.46. The second kappa shape index (κ2) is 4.97. The molecule has 2 heteroatoms. The molecule has 78 valence electrons. The van der Waals surface area contributed by atoms with E-state index in [-0.39, 0.29) is 0 Å². The number of likely N-dealkylation sites (N-methyl/N-ethyl adjacent to an activating group) is 2. The van der Waals surface area contributed by atoms with Crippen molar-refractivity contribution in [3.63, 3.8) is 0 Å². The van der Waals surface area contributed by atoms with Crippen LogP contribution >= 0.6 is 0 Å². The van der Waals surface area contributed by atoms with Gasteiger partial charge in [0.25, 0.3) is 0 Å². The van der Waals surface area contributed by atoms with Crippen LogP contribution in [0, 0.1) is 5.92 Å². The van der Waals surface area contributed by atoms with E-state index in [1.165, 1.54) is 25.8 Å². The first kappa shape index (κ1) is 11.0. The molecule has 1 saturated carbocycles. The van der Waals surface area contributed by atoms with Gasteiger partial charge < -0.3 is 10.2 Å². The summed E-state index contributed by atoms with van der Waals surface area (Å²) in [5.74, 6) is 0.983. The molecule has 0 heterocycles. The van der Waals surface area contributed by atoms with E-state index in [0.717, 1.165) is 5.92 Å². The zero-order valence-corrected chi connectivity index (χ0v) is 9.51. The number of nitrogens with zero attached hydrogens (tertiary/aromatic N) is 1. The zero-order chi connectivity index (χ0) is 9.84. The normalized spacial score (nSPS) is 22.8. The van der Waals surface area contributed by atoms with E-state index in [0.29, 0.717) is 12.1 Å². The average molecular weight is 184 g/mol. The average Bonchev–Trinajstić information content (AvgIpc) is 2.08. The van der Waals surface area contributed by atoms with Gasteiger partial charge in [0.1, 0.15) is 0 Å². The Bertz CT molecular complexity index is 143. The van der Waals surface area contributed by atoms with E-state index < -0.39 is 0 Å². The Balaban J connectivity index is 2.23. The van der Waals surface area contributed by atoms with Crippen molar-refractivity contribution in [1.82, 2.24) is 10.2 Å². The quantitative estimate of drug-likeness (QED) is 0.700. The van der Waals surface area contributed by atoms with Crippen molar-refractivity contribution in [2.75, 3.05) is 20.6 Å². The topological polar surface area (TPSA) is 15.3 Å². The van der Waals surface area contributed by atoms with Gasteiger partial charge in [-0.3, -0.25) is 0 Å². The third kappa shape index (κ3) is 2.96. The maximum absolute atomic E-state index is 3.31. The fourth-order valence-electron chi connectivity index (χ4n) is 1.87. The van der Waals surface area contributed by atoms with Crippen molar-refractivity contribution in [2.45, 2.75) is 45.2 Å². The first-order chi connectivity index (χ1) is 6.15. The van der Waals surface area contributed by atoms with Gasteiger partial charge in [-0.15, -0.1) is 0 Å². The zero-order valence-electron chi connectivity index (χ0n) is 9.51. The summed E-state index contributed by atoms with van der Waals surface area (Å²) < 4.78 is 0. The molecule has 13 heavy (non-hydrogen) atoms.